The monoisotopic (exact) mass is 358 g/mol. The van der Waals surface area contributed by atoms with E-state index in [1.807, 2.05) is 0 Å². The summed E-state index contributed by atoms with van der Waals surface area (Å²) in [6, 6.07) is 0. The van der Waals surface area contributed by atoms with Gasteiger partial charge in [-0.2, -0.15) is 0 Å². The van der Waals surface area contributed by atoms with Crippen LogP contribution in [0.4, 0.5) is 0 Å². The van der Waals surface area contributed by atoms with E-state index < -0.39 is 0 Å². The van der Waals surface area contributed by atoms with Crippen LogP contribution in [0.2, 0.25) is 0 Å². The minimum atomic E-state index is 0.408. The molecule has 0 heteroatoms. The zero-order chi connectivity index (χ0) is 19.8. The first kappa shape index (κ1) is 21.8. The second-order valence-corrected chi connectivity index (χ2v) is 10.6. The highest BCUT2D eigenvalue weighted by Crippen LogP contribution is 2.71. The number of allylic oxidation sites excluding steroid dienone is 2. The molecule has 0 saturated heterocycles. The largest absolute Gasteiger partial charge is 0.0999 e. The fraction of sp³-hybridized carbons (Fsp3) is 0.846. The molecule has 0 spiro atoms. The summed E-state index contributed by atoms with van der Waals surface area (Å²) in [6.45, 7) is 26.3. The van der Waals surface area contributed by atoms with Crippen LogP contribution in [0, 0.1) is 34.0 Å². The lowest BCUT2D eigenvalue weighted by Gasteiger charge is -2.68. The molecule has 0 N–H and O–H groups in total. The number of rotatable bonds is 7. The van der Waals surface area contributed by atoms with E-state index in [0.717, 1.165) is 5.92 Å². The van der Waals surface area contributed by atoms with Crippen molar-refractivity contribution >= 4 is 0 Å². The zero-order valence-electron chi connectivity index (χ0n) is 19.0. The summed E-state index contributed by atoms with van der Waals surface area (Å²) in [6.07, 6.45) is 11.8. The molecule has 2 aliphatic rings. The van der Waals surface area contributed by atoms with Gasteiger partial charge in [-0.25, -0.2) is 0 Å². The van der Waals surface area contributed by atoms with E-state index in [2.05, 4.69) is 61.6 Å². The number of hydrogen-bond donors (Lipinski definition) is 0. The molecule has 0 radical (unpaired) electrons. The van der Waals surface area contributed by atoms with Crippen molar-refractivity contribution in [3.8, 4) is 0 Å². The fourth-order valence-corrected chi connectivity index (χ4v) is 7.09. The SMILES string of the molecule is C=C(C)C(CCC)CCC1C(=C)CCC2(C)C(C)(CC)C(C)CCC12C. The van der Waals surface area contributed by atoms with Crippen LogP contribution in [0.5, 0.6) is 0 Å². The van der Waals surface area contributed by atoms with Crippen LogP contribution in [0.15, 0.2) is 24.3 Å². The van der Waals surface area contributed by atoms with Crippen molar-refractivity contribution in [1.29, 1.82) is 0 Å². The Balaban J connectivity index is 2.32. The van der Waals surface area contributed by atoms with Gasteiger partial charge in [0.15, 0.2) is 0 Å². The van der Waals surface area contributed by atoms with E-state index in [4.69, 9.17) is 0 Å². The molecule has 0 amide bonds. The van der Waals surface area contributed by atoms with E-state index in [0.29, 0.717) is 28.1 Å². The van der Waals surface area contributed by atoms with Gasteiger partial charge in [-0.1, -0.05) is 72.3 Å². The maximum Gasteiger partial charge on any atom is -0.0146 e. The number of fused-ring (bicyclic) bond motifs is 1. The molecule has 0 bridgehead atoms. The molecular formula is C26H46. The van der Waals surface area contributed by atoms with Crippen LogP contribution in [0.1, 0.15) is 106 Å². The van der Waals surface area contributed by atoms with Crippen molar-refractivity contribution in [2.75, 3.05) is 0 Å². The van der Waals surface area contributed by atoms with Gasteiger partial charge in [0.25, 0.3) is 0 Å². The molecule has 0 heterocycles. The van der Waals surface area contributed by atoms with Gasteiger partial charge >= 0.3 is 0 Å². The van der Waals surface area contributed by atoms with Crippen LogP contribution >= 0.6 is 0 Å². The Bertz CT molecular complexity index is 528. The zero-order valence-corrected chi connectivity index (χ0v) is 19.0. The van der Waals surface area contributed by atoms with Gasteiger partial charge < -0.3 is 0 Å². The molecule has 0 aliphatic heterocycles. The van der Waals surface area contributed by atoms with Gasteiger partial charge in [-0.15, -0.1) is 0 Å². The summed E-state index contributed by atoms with van der Waals surface area (Å²) in [5.74, 6) is 2.23. The van der Waals surface area contributed by atoms with Gasteiger partial charge in [0.2, 0.25) is 0 Å². The highest BCUT2D eigenvalue weighted by atomic mass is 14.7. The topological polar surface area (TPSA) is 0 Å². The molecule has 0 aromatic heterocycles. The third-order valence-electron chi connectivity index (χ3n) is 9.79. The van der Waals surface area contributed by atoms with Crippen molar-refractivity contribution in [1.82, 2.24) is 0 Å². The van der Waals surface area contributed by atoms with Crippen molar-refractivity contribution < 1.29 is 0 Å². The predicted octanol–water partition coefficient (Wildman–Crippen LogP) is 8.58. The van der Waals surface area contributed by atoms with Crippen molar-refractivity contribution in [3.63, 3.8) is 0 Å². The lowest BCUT2D eigenvalue weighted by atomic mass is 9.37. The van der Waals surface area contributed by atoms with Crippen molar-refractivity contribution in [2.45, 2.75) is 106 Å². The molecule has 26 heavy (non-hydrogen) atoms. The van der Waals surface area contributed by atoms with Crippen LogP contribution < -0.4 is 0 Å². The fourth-order valence-electron chi connectivity index (χ4n) is 7.09. The summed E-state index contributed by atoms with van der Waals surface area (Å²) in [7, 11) is 0. The van der Waals surface area contributed by atoms with Crippen LogP contribution in [0.3, 0.4) is 0 Å². The minimum Gasteiger partial charge on any atom is -0.0999 e. The van der Waals surface area contributed by atoms with Crippen molar-refractivity contribution in [3.05, 3.63) is 24.3 Å². The third-order valence-corrected chi connectivity index (χ3v) is 9.79. The third kappa shape index (κ3) is 3.24. The Morgan fingerprint density at radius 1 is 1.15 bits per heavy atom. The molecule has 0 aromatic rings. The summed E-state index contributed by atoms with van der Waals surface area (Å²) in [5.41, 5.74) is 4.23. The van der Waals surface area contributed by atoms with Gasteiger partial charge in [-0.05, 0) is 92.3 Å². The molecule has 2 saturated carbocycles. The normalized spacial score (nSPS) is 41.6. The second-order valence-electron chi connectivity index (χ2n) is 10.6. The molecule has 2 rings (SSSR count). The second kappa shape index (κ2) is 7.84. The van der Waals surface area contributed by atoms with Crippen LogP contribution in [-0.2, 0) is 0 Å². The van der Waals surface area contributed by atoms with Crippen LogP contribution in [-0.4, -0.2) is 0 Å². The highest BCUT2D eigenvalue weighted by molar-refractivity contribution is 5.21. The van der Waals surface area contributed by atoms with Gasteiger partial charge in [0.1, 0.15) is 0 Å². The quantitative estimate of drug-likeness (QED) is 0.400. The number of hydrogen-bond acceptors (Lipinski definition) is 0. The van der Waals surface area contributed by atoms with Crippen LogP contribution in [0.25, 0.3) is 0 Å². The van der Waals surface area contributed by atoms with E-state index in [1.54, 1.807) is 5.57 Å². The standard InChI is InChI=1S/C26H46/c1-10-12-22(19(3)4)13-14-23-20(5)15-18-26(9)24(7,11-2)21(6)16-17-25(23,26)8/h21-23H,3,5,10-18H2,1-2,4,6-9H3. The molecule has 150 valence electrons. The van der Waals surface area contributed by atoms with E-state index in [-0.39, 0.29) is 0 Å². The van der Waals surface area contributed by atoms with Gasteiger partial charge in [-0.3, -0.25) is 0 Å². The molecule has 2 fully saturated rings. The molecule has 6 atom stereocenters. The molecule has 0 nitrogen and oxygen atoms in total. The predicted molar refractivity (Wildman–Crippen MR) is 117 cm³/mol. The summed E-state index contributed by atoms with van der Waals surface area (Å²) in [4.78, 5) is 0. The Morgan fingerprint density at radius 3 is 2.35 bits per heavy atom. The smallest absolute Gasteiger partial charge is 0.0146 e. The Labute approximate surface area is 164 Å². The molecule has 2 aliphatic carbocycles. The van der Waals surface area contributed by atoms with E-state index in [9.17, 15) is 0 Å². The molecule has 0 aromatic carbocycles. The lowest BCUT2D eigenvalue weighted by Crippen LogP contribution is -2.60. The summed E-state index contributed by atoms with van der Waals surface area (Å²) < 4.78 is 0. The van der Waals surface area contributed by atoms with E-state index in [1.165, 1.54) is 63.4 Å². The highest BCUT2D eigenvalue weighted by Gasteiger charge is 2.63. The van der Waals surface area contributed by atoms with Gasteiger partial charge in [0, 0.05) is 0 Å². The van der Waals surface area contributed by atoms with Crippen molar-refractivity contribution in [2.24, 2.45) is 34.0 Å². The lowest BCUT2D eigenvalue weighted by molar-refractivity contribution is -0.172. The first-order valence-electron chi connectivity index (χ1n) is 11.4. The summed E-state index contributed by atoms with van der Waals surface area (Å²) >= 11 is 0. The minimum absolute atomic E-state index is 0.408. The van der Waals surface area contributed by atoms with E-state index >= 15 is 0 Å². The average molecular weight is 359 g/mol. The Kier molecular flexibility index (Phi) is 6.57. The average Bonchev–Trinajstić information content (AvgIpc) is 2.60. The maximum absolute atomic E-state index is 4.60. The Hall–Kier alpha value is -0.520. The summed E-state index contributed by atoms with van der Waals surface area (Å²) in [5, 5.41) is 0. The maximum atomic E-state index is 4.60. The molecular weight excluding hydrogens is 312 g/mol. The first-order chi connectivity index (χ1) is 12.1. The van der Waals surface area contributed by atoms with Gasteiger partial charge in [0.05, 0.1) is 0 Å². The first-order valence-corrected chi connectivity index (χ1v) is 11.4. The Morgan fingerprint density at radius 2 is 1.81 bits per heavy atom. The molecule has 6 unspecified atom stereocenters.